The first-order valence-corrected chi connectivity index (χ1v) is 10.1. The molecule has 6 nitrogen and oxygen atoms in total. The molecule has 1 saturated heterocycles. The van der Waals surface area contributed by atoms with Crippen LogP contribution in [0.5, 0.6) is 0 Å². The minimum absolute atomic E-state index is 0.0559. The van der Waals surface area contributed by atoms with Gasteiger partial charge in [0, 0.05) is 44.7 Å². The van der Waals surface area contributed by atoms with Crippen molar-refractivity contribution in [1.82, 2.24) is 4.90 Å². The Kier molecular flexibility index (Phi) is 5.34. The minimum atomic E-state index is -0.0727. The molecule has 6 heteroatoms. The Hall–Kier alpha value is -3.15. The van der Waals surface area contributed by atoms with Crippen LogP contribution in [-0.2, 0) is 9.59 Å². The normalized spacial score (nSPS) is 17.4. The molecule has 1 fully saturated rings. The third-order valence-electron chi connectivity index (χ3n) is 5.55. The van der Waals surface area contributed by atoms with Crippen molar-refractivity contribution in [3.63, 3.8) is 0 Å². The van der Waals surface area contributed by atoms with Gasteiger partial charge >= 0.3 is 0 Å². The molecular formula is C23H26N4O2. The summed E-state index contributed by atoms with van der Waals surface area (Å²) in [5.74, 6) is -0.129. The number of hydrogen-bond acceptors (Lipinski definition) is 4. The maximum absolute atomic E-state index is 13.1. The van der Waals surface area contributed by atoms with Crippen LogP contribution in [0.3, 0.4) is 0 Å². The van der Waals surface area contributed by atoms with Crippen molar-refractivity contribution in [3.05, 3.63) is 59.7 Å². The summed E-state index contributed by atoms with van der Waals surface area (Å²) >= 11 is 0. The number of carbonyl (C=O) groups is 2. The topological polar surface area (TPSA) is 56.2 Å². The van der Waals surface area contributed by atoms with E-state index in [1.54, 1.807) is 0 Å². The van der Waals surface area contributed by atoms with Gasteiger partial charge in [0.1, 0.15) is 5.71 Å². The van der Waals surface area contributed by atoms with Gasteiger partial charge in [-0.1, -0.05) is 30.3 Å². The van der Waals surface area contributed by atoms with E-state index in [9.17, 15) is 9.59 Å². The fraction of sp³-hybridized carbons (Fsp3) is 0.348. The number of para-hydroxylation sites is 1. The van der Waals surface area contributed by atoms with E-state index in [2.05, 4.69) is 29.1 Å². The molecule has 29 heavy (non-hydrogen) atoms. The van der Waals surface area contributed by atoms with Crippen molar-refractivity contribution in [2.75, 3.05) is 36.1 Å². The predicted molar refractivity (Wildman–Crippen MR) is 115 cm³/mol. The number of piperazine rings is 1. The molecule has 4 rings (SSSR count). The third-order valence-corrected chi connectivity index (χ3v) is 5.55. The molecule has 0 N–H and O–H groups in total. The lowest BCUT2D eigenvalue weighted by Crippen LogP contribution is -2.51. The molecule has 2 amide bonds. The van der Waals surface area contributed by atoms with Crippen LogP contribution in [0.2, 0.25) is 0 Å². The van der Waals surface area contributed by atoms with Gasteiger partial charge in [-0.3, -0.25) is 9.59 Å². The zero-order valence-electron chi connectivity index (χ0n) is 17.0. The van der Waals surface area contributed by atoms with E-state index >= 15 is 0 Å². The average molecular weight is 390 g/mol. The van der Waals surface area contributed by atoms with Gasteiger partial charge in [0.15, 0.2) is 0 Å². The van der Waals surface area contributed by atoms with Crippen molar-refractivity contribution < 1.29 is 9.59 Å². The van der Waals surface area contributed by atoms with Crippen molar-refractivity contribution in [2.24, 2.45) is 5.10 Å². The fourth-order valence-electron chi connectivity index (χ4n) is 3.92. The van der Waals surface area contributed by atoms with Gasteiger partial charge in [-0.25, -0.2) is 5.01 Å². The summed E-state index contributed by atoms with van der Waals surface area (Å²) in [7, 11) is 0. The SMILES string of the molecule is Cc1cccc(N2N=C(C(=O)N3CCN(c4ccccc4C)CC3)CCC2=O)c1. The highest BCUT2D eigenvalue weighted by Crippen LogP contribution is 2.23. The Morgan fingerprint density at radius 2 is 1.69 bits per heavy atom. The Balaban J connectivity index is 1.46. The highest BCUT2D eigenvalue weighted by atomic mass is 16.2. The number of nitrogens with zero attached hydrogens (tertiary/aromatic N) is 4. The standard InChI is InChI=1S/C23H26N4O2/c1-17-6-5-8-19(16-17)27-22(28)11-10-20(24-27)23(29)26-14-12-25(13-15-26)21-9-4-3-7-18(21)2/h3-9,16H,10-15H2,1-2H3. The number of rotatable bonds is 3. The average Bonchev–Trinajstić information content (AvgIpc) is 2.74. The van der Waals surface area contributed by atoms with Crippen LogP contribution < -0.4 is 9.91 Å². The summed E-state index contributed by atoms with van der Waals surface area (Å²) in [6.45, 7) is 6.99. The molecule has 0 spiro atoms. The van der Waals surface area contributed by atoms with Crippen molar-refractivity contribution in [1.29, 1.82) is 0 Å². The van der Waals surface area contributed by atoms with E-state index in [1.807, 2.05) is 48.2 Å². The van der Waals surface area contributed by atoms with Crippen LogP contribution in [-0.4, -0.2) is 48.6 Å². The van der Waals surface area contributed by atoms with E-state index in [-0.39, 0.29) is 11.8 Å². The molecule has 2 aromatic carbocycles. The highest BCUT2D eigenvalue weighted by Gasteiger charge is 2.30. The van der Waals surface area contributed by atoms with E-state index in [1.165, 1.54) is 16.3 Å². The zero-order valence-corrected chi connectivity index (χ0v) is 17.0. The summed E-state index contributed by atoms with van der Waals surface area (Å²) in [5, 5.41) is 5.82. The Morgan fingerprint density at radius 1 is 0.931 bits per heavy atom. The number of hydrazone groups is 1. The summed E-state index contributed by atoms with van der Waals surface area (Å²) in [5.41, 5.74) is 4.71. The first-order valence-electron chi connectivity index (χ1n) is 10.1. The molecule has 0 aromatic heterocycles. The van der Waals surface area contributed by atoms with E-state index < -0.39 is 0 Å². The van der Waals surface area contributed by atoms with Gasteiger partial charge in [-0.15, -0.1) is 0 Å². The maximum Gasteiger partial charge on any atom is 0.270 e. The molecular weight excluding hydrogens is 364 g/mol. The minimum Gasteiger partial charge on any atom is -0.368 e. The lowest BCUT2D eigenvalue weighted by Gasteiger charge is -2.37. The molecule has 0 atom stereocenters. The number of amides is 2. The van der Waals surface area contributed by atoms with Gasteiger partial charge in [-0.05, 0) is 43.2 Å². The van der Waals surface area contributed by atoms with Crippen LogP contribution in [0.4, 0.5) is 11.4 Å². The largest absolute Gasteiger partial charge is 0.368 e. The van der Waals surface area contributed by atoms with Crippen molar-refractivity contribution >= 4 is 28.9 Å². The summed E-state index contributed by atoms with van der Waals surface area (Å²) in [6.07, 6.45) is 0.708. The molecule has 0 bridgehead atoms. The Morgan fingerprint density at radius 3 is 2.41 bits per heavy atom. The van der Waals surface area contributed by atoms with E-state index in [0.717, 1.165) is 18.7 Å². The molecule has 0 radical (unpaired) electrons. The molecule has 0 aliphatic carbocycles. The second-order valence-electron chi connectivity index (χ2n) is 7.66. The number of benzene rings is 2. The van der Waals surface area contributed by atoms with Gasteiger partial charge < -0.3 is 9.80 Å². The second kappa shape index (κ2) is 8.07. The lowest BCUT2D eigenvalue weighted by atomic mass is 10.1. The molecule has 0 saturated carbocycles. The summed E-state index contributed by atoms with van der Waals surface area (Å²) in [4.78, 5) is 29.6. The quantitative estimate of drug-likeness (QED) is 0.809. The second-order valence-corrected chi connectivity index (χ2v) is 7.66. The van der Waals surface area contributed by atoms with Crippen LogP contribution in [0.15, 0.2) is 53.6 Å². The van der Waals surface area contributed by atoms with E-state index in [4.69, 9.17) is 0 Å². The van der Waals surface area contributed by atoms with Crippen LogP contribution in [0.25, 0.3) is 0 Å². The number of hydrogen-bond donors (Lipinski definition) is 0. The zero-order chi connectivity index (χ0) is 20.4. The summed E-state index contributed by atoms with van der Waals surface area (Å²) in [6, 6.07) is 16.0. The molecule has 0 unspecified atom stereocenters. The van der Waals surface area contributed by atoms with Crippen LogP contribution in [0.1, 0.15) is 24.0 Å². The molecule has 2 heterocycles. The van der Waals surface area contributed by atoms with Gasteiger partial charge in [-0.2, -0.15) is 5.10 Å². The number of carbonyl (C=O) groups excluding carboxylic acids is 2. The number of aryl methyl sites for hydroxylation is 2. The highest BCUT2D eigenvalue weighted by molar-refractivity contribution is 6.40. The predicted octanol–water partition coefficient (Wildman–Crippen LogP) is 3.14. The van der Waals surface area contributed by atoms with Crippen molar-refractivity contribution in [3.8, 4) is 0 Å². The van der Waals surface area contributed by atoms with Crippen LogP contribution >= 0.6 is 0 Å². The molecule has 2 aromatic rings. The molecule has 2 aliphatic rings. The Labute approximate surface area is 171 Å². The third kappa shape index (κ3) is 4.01. The Bertz CT molecular complexity index is 961. The first kappa shape index (κ1) is 19.2. The number of anilines is 2. The van der Waals surface area contributed by atoms with Gasteiger partial charge in [0.05, 0.1) is 5.69 Å². The van der Waals surface area contributed by atoms with Gasteiger partial charge in [0.2, 0.25) is 5.91 Å². The monoisotopic (exact) mass is 390 g/mol. The van der Waals surface area contributed by atoms with Gasteiger partial charge in [0.25, 0.3) is 5.91 Å². The maximum atomic E-state index is 13.1. The first-order chi connectivity index (χ1) is 14.0. The smallest absolute Gasteiger partial charge is 0.270 e. The molecule has 2 aliphatic heterocycles. The summed E-state index contributed by atoms with van der Waals surface area (Å²) < 4.78 is 0. The molecule has 150 valence electrons. The van der Waals surface area contributed by atoms with Crippen molar-refractivity contribution in [2.45, 2.75) is 26.7 Å². The fourth-order valence-corrected chi connectivity index (χ4v) is 3.92. The van der Waals surface area contributed by atoms with Crippen LogP contribution in [0, 0.1) is 13.8 Å². The van der Waals surface area contributed by atoms with E-state index in [0.29, 0.717) is 37.3 Å². The lowest BCUT2D eigenvalue weighted by molar-refractivity contribution is -0.124.